The molecule has 25 heavy (non-hydrogen) atoms. The Morgan fingerprint density at radius 1 is 1.20 bits per heavy atom. The fourth-order valence-electron chi connectivity index (χ4n) is 2.58. The molecule has 0 saturated heterocycles. The summed E-state index contributed by atoms with van der Waals surface area (Å²) in [6, 6.07) is 3.47. The Hall–Kier alpha value is -2.44. The van der Waals surface area contributed by atoms with E-state index in [0.29, 0.717) is 31.0 Å². The molecule has 0 radical (unpaired) electrons. The zero-order valence-electron chi connectivity index (χ0n) is 14.8. The number of halogens is 2. The van der Waals surface area contributed by atoms with Gasteiger partial charge in [-0.3, -0.25) is 4.99 Å². The van der Waals surface area contributed by atoms with Crippen LogP contribution in [0.4, 0.5) is 8.78 Å². The van der Waals surface area contributed by atoms with Crippen LogP contribution >= 0.6 is 0 Å². The fraction of sp³-hybridized carbons (Fsp3) is 0.444. The zero-order valence-corrected chi connectivity index (χ0v) is 14.8. The van der Waals surface area contributed by atoms with Crippen molar-refractivity contribution >= 4 is 5.96 Å². The molecule has 0 aliphatic heterocycles. The molecule has 2 aromatic rings. The highest BCUT2D eigenvalue weighted by atomic mass is 19.1. The van der Waals surface area contributed by atoms with Gasteiger partial charge in [-0.1, -0.05) is 19.0 Å². The monoisotopic (exact) mass is 350 g/mol. The molecule has 0 bridgehead atoms. The van der Waals surface area contributed by atoms with Gasteiger partial charge < -0.3 is 15.2 Å². The molecule has 136 valence electrons. The number of aryl methyl sites for hydroxylation is 2. The number of nitrogens with one attached hydrogen (secondary N) is 2. The molecule has 0 aliphatic rings. The minimum absolute atomic E-state index is 0.337. The van der Waals surface area contributed by atoms with E-state index in [1.807, 2.05) is 13.8 Å². The average Bonchev–Trinajstić information content (AvgIpc) is 3.02. The molecule has 1 aromatic carbocycles. The van der Waals surface area contributed by atoms with Crippen molar-refractivity contribution in [2.75, 3.05) is 13.6 Å². The first-order valence-corrected chi connectivity index (χ1v) is 8.43. The lowest BCUT2D eigenvalue weighted by atomic mass is 10.1. The normalized spacial score (nSPS) is 11.6. The van der Waals surface area contributed by atoms with Crippen LogP contribution in [0.25, 0.3) is 0 Å². The molecule has 0 spiro atoms. The van der Waals surface area contributed by atoms with Crippen molar-refractivity contribution in [1.82, 2.24) is 15.8 Å². The second kappa shape index (κ2) is 9.15. The predicted octanol–water partition coefficient (Wildman–Crippen LogP) is 2.99. The smallest absolute Gasteiger partial charge is 0.191 e. The standard InChI is InChI=1S/C18H24F2N4O/c1-4-16-14(17(5-2)25-24-16)11-23-18(21-3)22-9-8-12-10-13(19)6-7-15(12)20/h6-7,10H,4-5,8-9,11H2,1-3H3,(H2,21,22,23). The van der Waals surface area contributed by atoms with Gasteiger partial charge in [0.15, 0.2) is 5.96 Å². The Labute approximate surface area is 146 Å². The number of aromatic nitrogens is 1. The van der Waals surface area contributed by atoms with Gasteiger partial charge in [-0.2, -0.15) is 0 Å². The third-order valence-electron chi connectivity index (χ3n) is 3.96. The van der Waals surface area contributed by atoms with Crippen LogP contribution in [0.15, 0.2) is 27.7 Å². The van der Waals surface area contributed by atoms with Crippen molar-refractivity contribution in [2.45, 2.75) is 39.7 Å². The maximum atomic E-state index is 13.6. The third kappa shape index (κ3) is 5.01. The maximum absolute atomic E-state index is 13.6. The molecule has 2 rings (SSSR count). The first-order valence-electron chi connectivity index (χ1n) is 8.43. The largest absolute Gasteiger partial charge is 0.361 e. The van der Waals surface area contributed by atoms with Gasteiger partial charge in [-0.25, -0.2) is 8.78 Å². The van der Waals surface area contributed by atoms with Gasteiger partial charge in [0.1, 0.15) is 17.4 Å². The summed E-state index contributed by atoms with van der Waals surface area (Å²) in [6.07, 6.45) is 1.93. The van der Waals surface area contributed by atoms with Gasteiger partial charge in [0.25, 0.3) is 0 Å². The zero-order chi connectivity index (χ0) is 18.2. The van der Waals surface area contributed by atoms with Crippen LogP contribution in [-0.4, -0.2) is 24.7 Å². The van der Waals surface area contributed by atoms with E-state index in [1.54, 1.807) is 7.05 Å². The molecule has 0 atom stereocenters. The second-order valence-electron chi connectivity index (χ2n) is 5.58. The minimum atomic E-state index is -0.439. The van der Waals surface area contributed by atoms with Crippen LogP contribution < -0.4 is 10.6 Å². The Balaban J connectivity index is 1.89. The summed E-state index contributed by atoms with van der Waals surface area (Å²) in [6.45, 7) is 5.03. The Morgan fingerprint density at radius 2 is 2.00 bits per heavy atom. The van der Waals surface area contributed by atoms with Crippen LogP contribution in [0, 0.1) is 11.6 Å². The number of hydrogen-bond acceptors (Lipinski definition) is 3. The predicted molar refractivity (Wildman–Crippen MR) is 93.5 cm³/mol. The van der Waals surface area contributed by atoms with Crippen LogP contribution in [0.2, 0.25) is 0 Å². The molecule has 0 fully saturated rings. The number of benzene rings is 1. The molecule has 0 aliphatic carbocycles. The summed E-state index contributed by atoms with van der Waals surface area (Å²) < 4.78 is 32.1. The average molecular weight is 350 g/mol. The Kier molecular flexibility index (Phi) is 6.91. The number of aliphatic imine (C=N–C) groups is 1. The lowest BCUT2D eigenvalue weighted by Crippen LogP contribution is -2.38. The minimum Gasteiger partial charge on any atom is -0.361 e. The van der Waals surface area contributed by atoms with Crippen LogP contribution in [-0.2, 0) is 25.8 Å². The number of nitrogens with zero attached hydrogens (tertiary/aromatic N) is 2. The molecule has 1 aromatic heterocycles. The van der Waals surface area contributed by atoms with Crippen LogP contribution in [0.5, 0.6) is 0 Å². The maximum Gasteiger partial charge on any atom is 0.191 e. The molecule has 0 unspecified atom stereocenters. The van der Waals surface area contributed by atoms with Crippen molar-refractivity contribution in [1.29, 1.82) is 0 Å². The summed E-state index contributed by atoms with van der Waals surface area (Å²) in [5.74, 6) is 0.602. The second-order valence-corrected chi connectivity index (χ2v) is 5.58. The summed E-state index contributed by atoms with van der Waals surface area (Å²) in [5.41, 5.74) is 2.31. The van der Waals surface area contributed by atoms with E-state index < -0.39 is 11.6 Å². The SMILES string of the molecule is CCc1noc(CC)c1CNC(=NC)NCCc1cc(F)ccc1F. The Morgan fingerprint density at radius 3 is 2.68 bits per heavy atom. The lowest BCUT2D eigenvalue weighted by molar-refractivity contribution is 0.380. The summed E-state index contributed by atoms with van der Waals surface area (Å²) in [4.78, 5) is 4.15. The van der Waals surface area contributed by atoms with E-state index in [2.05, 4.69) is 20.8 Å². The lowest BCUT2D eigenvalue weighted by Gasteiger charge is -2.12. The highest BCUT2D eigenvalue weighted by Gasteiger charge is 2.13. The molecule has 5 nitrogen and oxygen atoms in total. The van der Waals surface area contributed by atoms with Crippen molar-refractivity contribution in [3.8, 4) is 0 Å². The van der Waals surface area contributed by atoms with Crippen molar-refractivity contribution < 1.29 is 13.3 Å². The molecule has 2 N–H and O–H groups in total. The van der Waals surface area contributed by atoms with E-state index in [-0.39, 0.29) is 0 Å². The van der Waals surface area contributed by atoms with Gasteiger partial charge in [0.2, 0.25) is 0 Å². The van der Waals surface area contributed by atoms with E-state index in [0.717, 1.165) is 42.0 Å². The van der Waals surface area contributed by atoms with Gasteiger partial charge >= 0.3 is 0 Å². The highest BCUT2D eigenvalue weighted by molar-refractivity contribution is 5.79. The van der Waals surface area contributed by atoms with E-state index in [9.17, 15) is 8.78 Å². The van der Waals surface area contributed by atoms with Gasteiger partial charge in [-0.05, 0) is 36.6 Å². The number of guanidine groups is 1. The summed E-state index contributed by atoms with van der Waals surface area (Å²) in [7, 11) is 1.66. The fourth-order valence-corrected chi connectivity index (χ4v) is 2.58. The van der Waals surface area contributed by atoms with E-state index in [4.69, 9.17) is 4.52 Å². The van der Waals surface area contributed by atoms with Crippen molar-refractivity contribution in [3.05, 3.63) is 52.4 Å². The topological polar surface area (TPSA) is 62.5 Å². The number of hydrogen-bond donors (Lipinski definition) is 2. The first kappa shape index (κ1) is 18.9. The van der Waals surface area contributed by atoms with Crippen LogP contribution in [0.1, 0.15) is 36.4 Å². The first-order chi connectivity index (χ1) is 12.1. The summed E-state index contributed by atoms with van der Waals surface area (Å²) in [5, 5.41) is 10.4. The third-order valence-corrected chi connectivity index (χ3v) is 3.96. The Bertz CT molecular complexity index is 706. The van der Waals surface area contributed by atoms with Crippen molar-refractivity contribution in [3.63, 3.8) is 0 Å². The highest BCUT2D eigenvalue weighted by Crippen LogP contribution is 2.15. The quantitative estimate of drug-likeness (QED) is 0.595. The van der Waals surface area contributed by atoms with Crippen LogP contribution in [0.3, 0.4) is 0 Å². The van der Waals surface area contributed by atoms with E-state index in [1.165, 1.54) is 6.07 Å². The molecule has 1 heterocycles. The molecule has 0 amide bonds. The van der Waals surface area contributed by atoms with Crippen molar-refractivity contribution in [2.24, 2.45) is 4.99 Å². The molecule has 0 saturated carbocycles. The van der Waals surface area contributed by atoms with Gasteiger partial charge in [-0.15, -0.1) is 0 Å². The molecule has 7 heteroatoms. The summed E-state index contributed by atoms with van der Waals surface area (Å²) >= 11 is 0. The number of rotatable bonds is 7. The van der Waals surface area contributed by atoms with Gasteiger partial charge in [0.05, 0.1) is 5.69 Å². The molecular weight excluding hydrogens is 326 g/mol. The molecular formula is C18H24F2N4O. The van der Waals surface area contributed by atoms with Gasteiger partial charge in [0, 0.05) is 32.1 Å². The van der Waals surface area contributed by atoms with E-state index >= 15 is 0 Å².